The number of rotatable bonds is 9. The fourth-order valence-electron chi connectivity index (χ4n) is 3.03. The Hall–Kier alpha value is -2.49. The highest BCUT2D eigenvalue weighted by atomic mass is 16.5. The minimum Gasteiger partial charge on any atom is -0.497 e. The topological polar surface area (TPSA) is 47.6 Å². The van der Waals surface area contributed by atoms with Crippen molar-refractivity contribution < 1.29 is 14.3 Å². The fourth-order valence-corrected chi connectivity index (χ4v) is 3.03. The largest absolute Gasteiger partial charge is 0.497 e. The monoisotopic (exact) mass is 369 g/mol. The Morgan fingerprint density at radius 3 is 2.30 bits per heavy atom. The van der Waals surface area contributed by atoms with E-state index in [9.17, 15) is 4.79 Å². The number of nitrogens with one attached hydrogen (secondary N) is 1. The highest BCUT2D eigenvalue weighted by Crippen LogP contribution is 2.24. The van der Waals surface area contributed by atoms with Crippen LogP contribution in [0.2, 0.25) is 0 Å². The zero-order valence-corrected chi connectivity index (χ0v) is 17.0. The van der Waals surface area contributed by atoms with Crippen LogP contribution in [0.25, 0.3) is 0 Å². The van der Waals surface area contributed by atoms with Gasteiger partial charge in [0.25, 0.3) is 5.91 Å². The fraction of sp³-hybridized carbons (Fsp3) is 0.435. The molecule has 2 rings (SSSR count). The molecule has 0 radical (unpaired) electrons. The van der Waals surface area contributed by atoms with Crippen LogP contribution in [0.4, 0.5) is 0 Å². The molecule has 0 saturated carbocycles. The SMILES string of the molecule is CCc1ccccc1O[C@@H](C)C(=O)N[C@@H](CC(C)C)c1ccc(OC)cc1. The van der Waals surface area contributed by atoms with Crippen LogP contribution < -0.4 is 14.8 Å². The number of carbonyl (C=O) groups excluding carboxylic acids is 1. The van der Waals surface area contributed by atoms with Crippen molar-refractivity contribution in [1.82, 2.24) is 5.32 Å². The van der Waals surface area contributed by atoms with Crippen LogP contribution in [0.5, 0.6) is 11.5 Å². The third-order valence-corrected chi connectivity index (χ3v) is 4.57. The van der Waals surface area contributed by atoms with E-state index in [0.29, 0.717) is 5.92 Å². The average Bonchev–Trinajstić information content (AvgIpc) is 2.67. The van der Waals surface area contributed by atoms with Crippen molar-refractivity contribution >= 4 is 5.91 Å². The number of amides is 1. The molecule has 2 aromatic carbocycles. The Balaban J connectivity index is 2.09. The van der Waals surface area contributed by atoms with E-state index in [0.717, 1.165) is 35.5 Å². The molecule has 146 valence electrons. The highest BCUT2D eigenvalue weighted by Gasteiger charge is 2.22. The summed E-state index contributed by atoms with van der Waals surface area (Å²) in [6.45, 7) is 8.18. The van der Waals surface area contributed by atoms with Gasteiger partial charge in [-0.1, -0.05) is 51.1 Å². The molecule has 0 heterocycles. The van der Waals surface area contributed by atoms with Crippen molar-refractivity contribution in [3.8, 4) is 11.5 Å². The first kappa shape index (κ1) is 20.8. The van der Waals surface area contributed by atoms with Gasteiger partial charge in [0.1, 0.15) is 11.5 Å². The van der Waals surface area contributed by atoms with E-state index < -0.39 is 6.10 Å². The van der Waals surface area contributed by atoms with Crippen molar-refractivity contribution in [3.63, 3.8) is 0 Å². The minimum absolute atomic E-state index is 0.0594. The Kier molecular flexibility index (Phi) is 7.71. The molecule has 0 aromatic heterocycles. The molecule has 0 unspecified atom stereocenters. The van der Waals surface area contributed by atoms with E-state index in [4.69, 9.17) is 9.47 Å². The van der Waals surface area contributed by atoms with Gasteiger partial charge < -0.3 is 14.8 Å². The molecular formula is C23H31NO3. The van der Waals surface area contributed by atoms with Crippen LogP contribution in [0.15, 0.2) is 48.5 Å². The summed E-state index contributed by atoms with van der Waals surface area (Å²) in [5.74, 6) is 1.92. The molecule has 1 amide bonds. The van der Waals surface area contributed by atoms with Crippen LogP contribution in [0.3, 0.4) is 0 Å². The third-order valence-electron chi connectivity index (χ3n) is 4.57. The number of aryl methyl sites for hydroxylation is 1. The van der Waals surface area contributed by atoms with E-state index in [2.05, 4.69) is 26.1 Å². The first-order valence-corrected chi connectivity index (χ1v) is 9.63. The molecule has 2 aromatic rings. The minimum atomic E-state index is -0.564. The molecule has 0 aliphatic rings. The molecule has 1 N–H and O–H groups in total. The second kappa shape index (κ2) is 10.0. The summed E-state index contributed by atoms with van der Waals surface area (Å²) in [5.41, 5.74) is 2.17. The Morgan fingerprint density at radius 2 is 1.70 bits per heavy atom. The van der Waals surface area contributed by atoms with E-state index in [1.54, 1.807) is 14.0 Å². The van der Waals surface area contributed by atoms with Crippen LogP contribution in [0, 0.1) is 5.92 Å². The molecular weight excluding hydrogens is 338 g/mol. The van der Waals surface area contributed by atoms with E-state index in [-0.39, 0.29) is 11.9 Å². The quantitative estimate of drug-likeness (QED) is 0.682. The Bertz CT molecular complexity index is 725. The van der Waals surface area contributed by atoms with Crippen molar-refractivity contribution in [3.05, 3.63) is 59.7 Å². The van der Waals surface area contributed by atoms with Crippen molar-refractivity contribution in [2.24, 2.45) is 5.92 Å². The van der Waals surface area contributed by atoms with E-state index in [1.165, 1.54) is 0 Å². The molecule has 0 fully saturated rings. The molecule has 2 atom stereocenters. The zero-order chi connectivity index (χ0) is 19.8. The van der Waals surface area contributed by atoms with Crippen molar-refractivity contribution in [1.29, 1.82) is 0 Å². The Labute approximate surface area is 162 Å². The third kappa shape index (κ3) is 6.02. The van der Waals surface area contributed by atoms with Gasteiger partial charge in [-0.05, 0) is 55.0 Å². The van der Waals surface area contributed by atoms with Gasteiger partial charge in [-0.15, -0.1) is 0 Å². The van der Waals surface area contributed by atoms with E-state index >= 15 is 0 Å². The lowest BCUT2D eigenvalue weighted by Crippen LogP contribution is -2.39. The molecule has 0 aliphatic heterocycles. The molecule has 0 aliphatic carbocycles. The van der Waals surface area contributed by atoms with E-state index in [1.807, 2.05) is 48.5 Å². The average molecular weight is 370 g/mol. The number of methoxy groups -OCH3 is 1. The van der Waals surface area contributed by atoms with Gasteiger partial charge in [0, 0.05) is 0 Å². The summed E-state index contributed by atoms with van der Waals surface area (Å²) in [7, 11) is 1.65. The number of hydrogen-bond acceptors (Lipinski definition) is 3. The second-order valence-corrected chi connectivity index (χ2v) is 7.19. The summed E-state index contributed by atoms with van der Waals surface area (Å²) >= 11 is 0. The van der Waals surface area contributed by atoms with Gasteiger partial charge in [0.05, 0.1) is 13.2 Å². The predicted octanol–water partition coefficient (Wildman–Crippen LogP) is 4.93. The van der Waals surface area contributed by atoms with Crippen LogP contribution in [-0.4, -0.2) is 19.1 Å². The summed E-state index contributed by atoms with van der Waals surface area (Å²) in [6.07, 6.45) is 1.16. The Morgan fingerprint density at radius 1 is 1.04 bits per heavy atom. The zero-order valence-electron chi connectivity index (χ0n) is 17.0. The molecule has 27 heavy (non-hydrogen) atoms. The molecule has 0 saturated heterocycles. The maximum absolute atomic E-state index is 12.8. The normalized spacial score (nSPS) is 13.1. The maximum atomic E-state index is 12.8. The summed E-state index contributed by atoms with van der Waals surface area (Å²) in [6, 6.07) is 15.6. The van der Waals surface area contributed by atoms with Crippen molar-refractivity contribution in [2.45, 2.75) is 52.7 Å². The number of para-hydroxylation sites is 1. The highest BCUT2D eigenvalue weighted by molar-refractivity contribution is 5.81. The summed E-state index contributed by atoms with van der Waals surface area (Å²) in [4.78, 5) is 12.8. The smallest absolute Gasteiger partial charge is 0.261 e. The van der Waals surface area contributed by atoms with Gasteiger partial charge >= 0.3 is 0 Å². The lowest BCUT2D eigenvalue weighted by Gasteiger charge is -2.24. The van der Waals surface area contributed by atoms with Gasteiger partial charge in [-0.3, -0.25) is 4.79 Å². The molecule has 0 spiro atoms. The molecule has 4 nitrogen and oxygen atoms in total. The summed E-state index contributed by atoms with van der Waals surface area (Å²) in [5, 5.41) is 3.15. The predicted molar refractivity (Wildman–Crippen MR) is 109 cm³/mol. The number of benzene rings is 2. The number of hydrogen-bond donors (Lipinski definition) is 1. The number of ether oxygens (including phenoxy) is 2. The first-order chi connectivity index (χ1) is 12.9. The summed E-state index contributed by atoms with van der Waals surface area (Å²) < 4.78 is 11.2. The molecule has 0 bridgehead atoms. The number of carbonyl (C=O) groups is 1. The lowest BCUT2D eigenvalue weighted by molar-refractivity contribution is -0.128. The first-order valence-electron chi connectivity index (χ1n) is 9.63. The van der Waals surface area contributed by atoms with Crippen LogP contribution in [-0.2, 0) is 11.2 Å². The van der Waals surface area contributed by atoms with Gasteiger partial charge in [-0.2, -0.15) is 0 Å². The van der Waals surface area contributed by atoms with Gasteiger partial charge in [0.15, 0.2) is 6.10 Å². The van der Waals surface area contributed by atoms with Crippen molar-refractivity contribution in [2.75, 3.05) is 7.11 Å². The maximum Gasteiger partial charge on any atom is 0.261 e. The van der Waals surface area contributed by atoms with Gasteiger partial charge in [-0.25, -0.2) is 0 Å². The lowest BCUT2D eigenvalue weighted by atomic mass is 9.96. The van der Waals surface area contributed by atoms with Crippen LogP contribution in [0.1, 0.15) is 51.3 Å². The van der Waals surface area contributed by atoms with Crippen LogP contribution >= 0.6 is 0 Å². The second-order valence-electron chi connectivity index (χ2n) is 7.19. The van der Waals surface area contributed by atoms with Gasteiger partial charge in [0.2, 0.25) is 0 Å². The molecule has 4 heteroatoms. The standard InChI is InChI=1S/C23H31NO3/c1-6-18-9-7-8-10-22(18)27-17(4)23(25)24-21(15-16(2)3)19-11-13-20(26-5)14-12-19/h7-14,16-17,21H,6,15H2,1-5H3,(H,24,25)/t17-,21-/m0/s1.